The van der Waals surface area contributed by atoms with Gasteiger partial charge in [-0.15, -0.1) is 11.3 Å². The lowest BCUT2D eigenvalue weighted by molar-refractivity contribution is 0.899. The first kappa shape index (κ1) is 20.0. The van der Waals surface area contributed by atoms with Crippen molar-refractivity contribution in [2.75, 3.05) is 0 Å². The Morgan fingerprint density at radius 1 is 0.710 bits per heavy atom. The summed E-state index contributed by atoms with van der Waals surface area (Å²) in [6.45, 7) is 2.23. The third kappa shape index (κ3) is 3.80. The van der Waals surface area contributed by atoms with Crippen molar-refractivity contribution in [2.24, 2.45) is 0 Å². The molecule has 0 saturated heterocycles. The van der Waals surface area contributed by atoms with Gasteiger partial charge in [-0.1, -0.05) is 61.9 Å². The van der Waals surface area contributed by atoms with E-state index in [1.165, 1.54) is 20.2 Å². The van der Waals surface area contributed by atoms with Crippen molar-refractivity contribution in [1.82, 2.24) is 0 Å². The van der Waals surface area contributed by atoms with Crippen LogP contribution < -0.4 is 5.43 Å². The summed E-state index contributed by atoms with van der Waals surface area (Å²) >= 11 is 1.69. The van der Waals surface area contributed by atoms with Gasteiger partial charge in [0.2, 0.25) is 0 Å². The fourth-order valence-electron chi connectivity index (χ4n) is 4.03. The van der Waals surface area contributed by atoms with Crippen molar-refractivity contribution < 1.29 is 0 Å². The number of hydrogen-bond acceptors (Lipinski definition) is 2. The first-order chi connectivity index (χ1) is 15.3. The summed E-state index contributed by atoms with van der Waals surface area (Å²) in [4.78, 5) is 17.1. The molecule has 0 aliphatic heterocycles. The van der Waals surface area contributed by atoms with Gasteiger partial charge in [-0.3, -0.25) is 4.79 Å². The average molecular weight is 440 g/mol. The van der Waals surface area contributed by atoms with Crippen molar-refractivity contribution in [1.29, 1.82) is 0 Å². The Morgan fingerprint density at radius 2 is 1.42 bits per heavy atom. The maximum atomic E-state index is 13.3. The summed E-state index contributed by atoms with van der Waals surface area (Å²) in [6.07, 6.45) is 2.17. The molecule has 0 radical (unpaired) electrons. The molecule has 1 heterocycles. The largest absolute Gasteiger partial charge is 0.288 e. The van der Waals surface area contributed by atoms with E-state index in [4.69, 9.17) is 0 Å². The lowest BCUT2D eigenvalue weighted by Crippen LogP contribution is -2.09. The zero-order valence-corrected chi connectivity index (χ0v) is 19.0. The molecule has 31 heavy (non-hydrogen) atoms. The van der Waals surface area contributed by atoms with Gasteiger partial charge < -0.3 is 0 Å². The molecule has 0 N–H and O–H groups in total. The molecule has 1 aromatic heterocycles. The van der Waals surface area contributed by atoms with Crippen LogP contribution in [-0.4, -0.2) is 0 Å². The molecule has 3 heteroatoms. The van der Waals surface area contributed by atoms with E-state index in [0.717, 1.165) is 33.0 Å². The number of fused-ring (bicyclic) bond motifs is 2. The predicted molar refractivity (Wildman–Crippen MR) is 135 cm³/mol. The van der Waals surface area contributed by atoms with E-state index >= 15 is 0 Å². The zero-order chi connectivity index (χ0) is 21.2. The topological polar surface area (TPSA) is 17.1 Å². The number of benzene rings is 4. The summed E-state index contributed by atoms with van der Waals surface area (Å²) in [5.41, 5.74) is 1.52. The van der Waals surface area contributed by atoms with Crippen LogP contribution in [-0.2, 0) is 17.3 Å². The summed E-state index contributed by atoms with van der Waals surface area (Å²) < 4.78 is 2.09. The number of aryl methyl sites for hydroxylation is 1. The monoisotopic (exact) mass is 439 g/mol. The summed E-state index contributed by atoms with van der Waals surface area (Å²) in [5, 5.41) is 1.63. The fourth-order valence-corrected chi connectivity index (χ4v) is 7.38. The SMILES string of the molecule is CCCc1ccccc1[S+](c1ccccc1)c1ccc2sc3ccccc3c(=O)c2c1. The molecule has 0 bridgehead atoms. The van der Waals surface area contributed by atoms with E-state index < -0.39 is 0 Å². The molecular formula is C28H23OS2+. The summed E-state index contributed by atoms with van der Waals surface area (Å²) in [6, 6.07) is 33.8. The molecule has 152 valence electrons. The Balaban J connectivity index is 1.76. The predicted octanol–water partition coefficient (Wildman–Crippen LogP) is 7.46. The number of hydrogen-bond donors (Lipinski definition) is 0. The Labute approximate surface area is 189 Å². The maximum absolute atomic E-state index is 13.3. The molecule has 1 nitrogen and oxygen atoms in total. The lowest BCUT2D eigenvalue weighted by atomic mass is 10.1. The minimum atomic E-state index is -0.260. The van der Waals surface area contributed by atoms with Crippen LogP contribution >= 0.6 is 11.3 Å². The van der Waals surface area contributed by atoms with Gasteiger partial charge in [-0.2, -0.15) is 0 Å². The fraction of sp³-hybridized carbons (Fsp3) is 0.107. The Kier molecular flexibility index (Phi) is 5.63. The van der Waals surface area contributed by atoms with Crippen LogP contribution in [0.1, 0.15) is 18.9 Å². The van der Waals surface area contributed by atoms with Gasteiger partial charge in [-0.25, -0.2) is 0 Å². The highest BCUT2D eigenvalue weighted by Crippen LogP contribution is 2.36. The Morgan fingerprint density at radius 3 is 2.26 bits per heavy atom. The van der Waals surface area contributed by atoms with Crippen LogP contribution in [0.5, 0.6) is 0 Å². The highest BCUT2D eigenvalue weighted by atomic mass is 32.2. The number of rotatable bonds is 5. The van der Waals surface area contributed by atoms with Gasteiger partial charge in [0.25, 0.3) is 0 Å². The standard InChI is InChI=1S/C28H23OS2/c1-2-10-20-11-6-9-16-27(20)31(21-12-4-3-5-13-21)22-17-18-26-24(19-22)28(29)23-14-7-8-15-25(23)30-26/h3-9,11-19H,2,10H2,1H3/q+1. The van der Waals surface area contributed by atoms with Crippen molar-refractivity contribution >= 4 is 42.4 Å². The highest BCUT2D eigenvalue weighted by molar-refractivity contribution is 7.97. The molecule has 0 saturated carbocycles. The highest BCUT2D eigenvalue weighted by Gasteiger charge is 2.31. The molecule has 0 fully saturated rings. The van der Waals surface area contributed by atoms with Crippen LogP contribution in [0.25, 0.3) is 20.2 Å². The van der Waals surface area contributed by atoms with Gasteiger partial charge in [0.1, 0.15) is 0 Å². The average Bonchev–Trinajstić information content (AvgIpc) is 2.82. The summed E-state index contributed by atoms with van der Waals surface area (Å²) in [7, 11) is -0.260. The van der Waals surface area contributed by atoms with Crippen LogP contribution in [0.3, 0.4) is 0 Å². The summed E-state index contributed by atoms with van der Waals surface area (Å²) in [5.74, 6) is 0. The van der Waals surface area contributed by atoms with Crippen LogP contribution in [0.2, 0.25) is 0 Å². The quantitative estimate of drug-likeness (QED) is 0.205. The van der Waals surface area contributed by atoms with Crippen molar-refractivity contribution in [3.63, 3.8) is 0 Å². The first-order valence-corrected chi connectivity index (χ1v) is 12.6. The lowest BCUT2D eigenvalue weighted by Gasteiger charge is -2.12. The van der Waals surface area contributed by atoms with Crippen LogP contribution in [0.15, 0.2) is 117 Å². The third-order valence-corrected chi connectivity index (χ3v) is 8.93. The second kappa shape index (κ2) is 8.70. The van der Waals surface area contributed by atoms with E-state index in [0.29, 0.717) is 0 Å². The maximum Gasteiger partial charge on any atom is 0.196 e. The zero-order valence-electron chi connectivity index (χ0n) is 17.4. The molecule has 5 aromatic rings. The molecule has 4 aromatic carbocycles. The third-order valence-electron chi connectivity index (χ3n) is 5.47. The molecule has 5 rings (SSSR count). The van der Waals surface area contributed by atoms with Crippen LogP contribution in [0.4, 0.5) is 0 Å². The molecule has 0 spiro atoms. The van der Waals surface area contributed by atoms with Gasteiger partial charge in [0.05, 0.1) is 10.9 Å². The molecule has 0 aliphatic carbocycles. The smallest absolute Gasteiger partial charge is 0.196 e. The van der Waals surface area contributed by atoms with E-state index in [1.807, 2.05) is 24.3 Å². The van der Waals surface area contributed by atoms with E-state index in [-0.39, 0.29) is 16.3 Å². The second-order valence-electron chi connectivity index (χ2n) is 7.56. The van der Waals surface area contributed by atoms with E-state index in [2.05, 4.69) is 79.7 Å². The van der Waals surface area contributed by atoms with E-state index in [9.17, 15) is 4.79 Å². The van der Waals surface area contributed by atoms with Crippen molar-refractivity contribution in [3.05, 3.63) is 113 Å². The first-order valence-electron chi connectivity index (χ1n) is 10.6. The Bertz CT molecular complexity index is 1420. The van der Waals surface area contributed by atoms with Crippen molar-refractivity contribution in [3.8, 4) is 0 Å². The molecule has 0 aliphatic rings. The van der Waals surface area contributed by atoms with E-state index in [1.54, 1.807) is 11.3 Å². The van der Waals surface area contributed by atoms with Gasteiger partial charge in [0, 0.05) is 31.8 Å². The van der Waals surface area contributed by atoms with Gasteiger partial charge in [0.15, 0.2) is 20.1 Å². The second-order valence-corrected chi connectivity index (χ2v) is 10.6. The molecule has 0 amide bonds. The Hall–Kier alpha value is -2.88. The molecule has 1 unspecified atom stereocenters. The van der Waals surface area contributed by atoms with Crippen molar-refractivity contribution in [2.45, 2.75) is 34.5 Å². The minimum absolute atomic E-state index is 0.129. The molecular weight excluding hydrogens is 416 g/mol. The van der Waals surface area contributed by atoms with Gasteiger partial charge >= 0.3 is 0 Å². The minimum Gasteiger partial charge on any atom is -0.288 e. The van der Waals surface area contributed by atoms with Crippen LogP contribution in [0, 0.1) is 0 Å². The van der Waals surface area contributed by atoms with Gasteiger partial charge in [-0.05, 0) is 48.9 Å². The normalized spacial score (nSPS) is 12.3. The molecule has 1 atom stereocenters.